The minimum Gasteiger partial charge on any atom is -0.490 e. The number of carbonyl (C=O) groups excluding carboxylic acids is 3. The van der Waals surface area contributed by atoms with Crippen LogP contribution < -0.4 is 14.8 Å². The largest absolute Gasteiger partial charge is 0.490 e. The molecular weight excluding hydrogens is 496 g/mol. The summed E-state index contributed by atoms with van der Waals surface area (Å²) in [6.07, 6.45) is 1.38. The number of nitriles is 1. The maximum Gasteiger partial charge on any atom is 0.343 e. The van der Waals surface area contributed by atoms with E-state index in [1.54, 1.807) is 19.1 Å². The number of ether oxygens (including phenoxy) is 4. The van der Waals surface area contributed by atoms with Crippen LogP contribution in [0.3, 0.4) is 0 Å². The van der Waals surface area contributed by atoms with Crippen molar-refractivity contribution in [1.29, 1.82) is 5.26 Å². The van der Waals surface area contributed by atoms with Gasteiger partial charge in [0.2, 0.25) is 0 Å². The molecule has 172 valence electrons. The summed E-state index contributed by atoms with van der Waals surface area (Å²) >= 11 is 3.36. The number of carbonyl (C=O) groups is 3. The molecule has 0 heterocycles. The van der Waals surface area contributed by atoms with E-state index in [0.29, 0.717) is 33.6 Å². The van der Waals surface area contributed by atoms with Gasteiger partial charge in [-0.25, -0.2) is 9.59 Å². The van der Waals surface area contributed by atoms with Crippen LogP contribution in [0.1, 0.15) is 22.8 Å². The zero-order valence-electron chi connectivity index (χ0n) is 18.1. The molecule has 2 aromatic rings. The lowest BCUT2D eigenvalue weighted by molar-refractivity contribution is -0.142. The van der Waals surface area contributed by atoms with Crippen molar-refractivity contribution in [2.45, 2.75) is 6.92 Å². The monoisotopic (exact) mass is 516 g/mol. The molecule has 0 aromatic heterocycles. The molecule has 0 saturated heterocycles. The van der Waals surface area contributed by atoms with Gasteiger partial charge < -0.3 is 24.3 Å². The molecule has 0 fully saturated rings. The Labute approximate surface area is 199 Å². The lowest BCUT2D eigenvalue weighted by Crippen LogP contribution is -2.14. The fourth-order valence-electron chi connectivity index (χ4n) is 2.59. The summed E-state index contributed by atoms with van der Waals surface area (Å²) in [6, 6.07) is 11.1. The Bertz CT molecular complexity index is 1110. The molecule has 2 aromatic carbocycles. The van der Waals surface area contributed by atoms with Crippen molar-refractivity contribution >= 4 is 45.5 Å². The standard InChI is InChI=1S/C23H21BrN2O7/c1-4-32-19-11-14(10-18(24)21(19)33-13-20(27)30-2)9-16(12-25)22(28)26-17-7-5-15(6-8-17)23(29)31-3/h5-11H,4,13H2,1-3H3,(H,26,28)/b16-9+. The van der Waals surface area contributed by atoms with Crippen LogP contribution in [-0.2, 0) is 19.1 Å². The van der Waals surface area contributed by atoms with Gasteiger partial charge >= 0.3 is 11.9 Å². The number of halogens is 1. The minimum absolute atomic E-state index is 0.162. The summed E-state index contributed by atoms with van der Waals surface area (Å²) in [6.45, 7) is 1.78. The van der Waals surface area contributed by atoms with Crippen LogP contribution in [0.25, 0.3) is 6.08 Å². The van der Waals surface area contributed by atoms with Gasteiger partial charge in [0.05, 0.1) is 30.9 Å². The van der Waals surface area contributed by atoms with Crippen molar-refractivity contribution in [1.82, 2.24) is 0 Å². The zero-order chi connectivity index (χ0) is 24.4. The lowest BCUT2D eigenvalue weighted by Gasteiger charge is -2.14. The van der Waals surface area contributed by atoms with E-state index in [2.05, 4.69) is 30.7 Å². The van der Waals surface area contributed by atoms with Gasteiger partial charge in [-0.15, -0.1) is 0 Å². The van der Waals surface area contributed by atoms with Gasteiger partial charge in [-0.2, -0.15) is 5.26 Å². The number of rotatable bonds is 9. The van der Waals surface area contributed by atoms with Crippen molar-refractivity contribution in [3.8, 4) is 17.6 Å². The number of hydrogen-bond acceptors (Lipinski definition) is 8. The Morgan fingerprint density at radius 1 is 1.09 bits per heavy atom. The van der Waals surface area contributed by atoms with Crippen LogP contribution in [0.5, 0.6) is 11.5 Å². The number of benzene rings is 2. The third-order valence-electron chi connectivity index (χ3n) is 4.13. The third-order valence-corrected chi connectivity index (χ3v) is 4.72. The zero-order valence-corrected chi connectivity index (χ0v) is 19.7. The van der Waals surface area contributed by atoms with Crippen LogP contribution in [0.15, 0.2) is 46.4 Å². The van der Waals surface area contributed by atoms with Crippen molar-refractivity contribution in [2.24, 2.45) is 0 Å². The fourth-order valence-corrected chi connectivity index (χ4v) is 3.16. The SMILES string of the molecule is CCOc1cc(/C=C(\C#N)C(=O)Nc2ccc(C(=O)OC)cc2)cc(Br)c1OCC(=O)OC. The van der Waals surface area contributed by atoms with Gasteiger partial charge in [0.15, 0.2) is 18.1 Å². The van der Waals surface area contributed by atoms with Crippen molar-refractivity contribution in [2.75, 3.05) is 32.8 Å². The number of nitrogens with zero attached hydrogens (tertiary/aromatic N) is 1. The van der Waals surface area contributed by atoms with Crippen LogP contribution >= 0.6 is 15.9 Å². The predicted octanol–water partition coefficient (Wildman–Crippen LogP) is 3.73. The molecule has 0 aliphatic heterocycles. The molecule has 0 atom stereocenters. The van der Waals surface area contributed by atoms with E-state index < -0.39 is 17.8 Å². The topological polar surface area (TPSA) is 124 Å². The fraction of sp³-hybridized carbons (Fsp3) is 0.217. The number of anilines is 1. The molecule has 0 aliphatic rings. The molecule has 0 saturated carbocycles. The predicted molar refractivity (Wildman–Crippen MR) is 123 cm³/mol. The van der Waals surface area contributed by atoms with Crippen molar-refractivity contribution in [3.05, 3.63) is 57.6 Å². The Hall–Kier alpha value is -3.84. The third kappa shape index (κ3) is 7.08. The van der Waals surface area contributed by atoms with E-state index in [1.807, 2.05) is 6.07 Å². The highest BCUT2D eigenvalue weighted by atomic mass is 79.9. The quantitative estimate of drug-likeness (QED) is 0.303. The van der Waals surface area contributed by atoms with Crippen LogP contribution in [0.4, 0.5) is 5.69 Å². The van der Waals surface area contributed by atoms with E-state index in [4.69, 9.17) is 9.47 Å². The summed E-state index contributed by atoms with van der Waals surface area (Å²) in [5.74, 6) is -1.09. The van der Waals surface area contributed by atoms with Gasteiger partial charge in [0.1, 0.15) is 11.6 Å². The first kappa shape index (κ1) is 25.4. The first-order chi connectivity index (χ1) is 15.8. The van der Waals surface area contributed by atoms with Crippen LogP contribution in [0, 0.1) is 11.3 Å². The Balaban J connectivity index is 2.26. The lowest BCUT2D eigenvalue weighted by atomic mass is 10.1. The number of amides is 1. The minimum atomic E-state index is -0.636. The molecule has 1 N–H and O–H groups in total. The highest BCUT2D eigenvalue weighted by Crippen LogP contribution is 2.37. The molecule has 2 rings (SSSR count). The maximum absolute atomic E-state index is 12.6. The second kappa shape index (κ2) is 12.3. The van der Waals surface area contributed by atoms with Crippen LogP contribution in [0.2, 0.25) is 0 Å². The van der Waals surface area contributed by atoms with Gasteiger partial charge in [-0.3, -0.25) is 4.79 Å². The summed E-state index contributed by atoms with van der Waals surface area (Å²) in [5, 5.41) is 12.1. The number of hydrogen-bond donors (Lipinski definition) is 1. The van der Waals surface area contributed by atoms with Gasteiger partial charge in [0.25, 0.3) is 5.91 Å². The second-order valence-electron chi connectivity index (χ2n) is 6.32. The van der Waals surface area contributed by atoms with E-state index in [0.717, 1.165) is 0 Å². The number of nitrogens with one attached hydrogen (secondary N) is 1. The van der Waals surface area contributed by atoms with Gasteiger partial charge in [-0.05, 0) is 70.9 Å². The van der Waals surface area contributed by atoms with E-state index in [1.165, 1.54) is 44.6 Å². The van der Waals surface area contributed by atoms with Gasteiger partial charge in [0, 0.05) is 5.69 Å². The number of methoxy groups -OCH3 is 2. The van der Waals surface area contributed by atoms with Gasteiger partial charge in [-0.1, -0.05) is 0 Å². The average Bonchev–Trinajstić information content (AvgIpc) is 2.81. The molecule has 0 radical (unpaired) electrons. The smallest absolute Gasteiger partial charge is 0.343 e. The van der Waals surface area contributed by atoms with E-state index >= 15 is 0 Å². The molecule has 0 bridgehead atoms. The van der Waals surface area contributed by atoms with Crippen molar-refractivity contribution < 1.29 is 33.3 Å². The summed E-state index contributed by atoms with van der Waals surface area (Å²) in [5.41, 5.74) is 1.05. The normalized spacial score (nSPS) is 10.6. The average molecular weight is 517 g/mol. The van der Waals surface area contributed by atoms with E-state index in [-0.39, 0.29) is 17.9 Å². The Kier molecular flexibility index (Phi) is 9.45. The first-order valence-electron chi connectivity index (χ1n) is 9.60. The molecular formula is C23H21BrN2O7. The Morgan fingerprint density at radius 2 is 1.79 bits per heavy atom. The molecule has 33 heavy (non-hydrogen) atoms. The highest BCUT2D eigenvalue weighted by molar-refractivity contribution is 9.10. The van der Waals surface area contributed by atoms with E-state index in [9.17, 15) is 19.6 Å². The molecule has 0 aliphatic carbocycles. The summed E-state index contributed by atoms with van der Waals surface area (Å²) < 4.78 is 20.7. The molecule has 9 nitrogen and oxygen atoms in total. The summed E-state index contributed by atoms with van der Waals surface area (Å²) in [4.78, 5) is 35.5. The maximum atomic E-state index is 12.6. The van der Waals surface area contributed by atoms with Crippen LogP contribution in [-0.4, -0.2) is 45.3 Å². The Morgan fingerprint density at radius 3 is 2.36 bits per heavy atom. The molecule has 10 heteroatoms. The molecule has 1 amide bonds. The number of esters is 2. The first-order valence-corrected chi connectivity index (χ1v) is 10.4. The highest BCUT2D eigenvalue weighted by Gasteiger charge is 2.16. The molecule has 0 unspecified atom stereocenters. The van der Waals surface area contributed by atoms with Crippen molar-refractivity contribution in [3.63, 3.8) is 0 Å². The second-order valence-corrected chi connectivity index (χ2v) is 7.18. The molecule has 0 spiro atoms. The summed E-state index contributed by atoms with van der Waals surface area (Å²) in [7, 11) is 2.52.